The molecule has 1 aromatic heterocycles. The van der Waals surface area contributed by atoms with E-state index in [4.69, 9.17) is 11.6 Å². The minimum atomic E-state index is -0.614. The zero-order valence-electron chi connectivity index (χ0n) is 12.7. The lowest BCUT2D eigenvalue weighted by atomic mass is 9.89. The van der Waals surface area contributed by atoms with Crippen molar-refractivity contribution < 1.29 is 8.78 Å². The zero-order valence-corrected chi connectivity index (χ0v) is 13.5. The predicted octanol–water partition coefficient (Wildman–Crippen LogP) is 5.02. The highest BCUT2D eigenvalue weighted by Crippen LogP contribution is 2.35. The van der Waals surface area contributed by atoms with Crippen molar-refractivity contribution in [1.29, 1.82) is 0 Å². The van der Waals surface area contributed by atoms with Gasteiger partial charge in [-0.25, -0.2) is 13.8 Å². The van der Waals surface area contributed by atoms with Crippen LogP contribution in [0.15, 0.2) is 12.1 Å². The molecule has 0 saturated heterocycles. The second-order valence-corrected chi connectivity index (χ2v) is 5.72. The van der Waals surface area contributed by atoms with E-state index in [0.29, 0.717) is 17.8 Å². The summed E-state index contributed by atoms with van der Waals surface area (Å²) in [5.74, 6) is -0.0525. The van der Waals surface area contributed by atoms with E-state index in [1.165, 1.54) is 6.07 Å². The van der Waals surface area contributed by atoms with E-state index in [1.54, 1.807) is 0 Å². The molecule has 2 rings (SSSR count). The molecule has 2 aromatic rings. The van der Waals surface area contributed by atoms with Gasteiger partial charge in [0.05, 0.1) is 5.52 Å². The van der Waals surface area contributed by atoms with Crippen molar-refractivity contribution in [3.05, 3.63) is 29.6 Å². The first kappa shape index (κ1) is 16.2. The SMILES string of the molecule is CCC(CC)(CC)n1c(CCCl)nc2c(F)cc(F)cc21. The third-order valence-electron chi connectivity index (χ3n) is 4.51. The Balaban J connectivity index is 2.83. The maximum absolute atomic E-state index is 14.0. The van der Waals surface area contributed by atoms with Crippen LogP contribution in [0.2, 0.25) is 0 Å². The fourth-order valence-electron chi connectivity index (χ4n) is 3.16. The molecule has 21 heavy (non-hydrogen) atoms. The number of hydrogen-bond acceptors (Lipinski definition) is 1. The van der Waals surface area contributed by atoms with Crippen LogP contribution < -0.4 is 0 Å². The fourth-order valence-corrected chi connectivity index (χ4v) is 3.33. The first-order valence-corrected chi connectivity index (χ1v) is 7.99. The summed E-state index contributed by atoms with van der Waals surface area (Å²) in [5, 5.41) is 0. The Kier molecular flexibility index (Phi) is 4.87. The molecule has 0 bridgehead atoms. The van der Waals surface area contributed by atoms with Gasteiger partial charge in [0, 0.05) is 23.9 Å². The zero-order chi connectivity index (χ0) is 15.6. The third kappa shape index (κ3) is 2.66. The van der Waals surface area contributed by atoms with Crippen molar-refractivity contribution in [3.63, 3.8) is 0 Å². The highest BCUT2D eigenvalue weighted by atomic mass is 35.5. The molecule has 116 valence electrons. The van der Waals surface area contributed by atoms with Gasteiger partial charge in [-0.1, -0.05) is 20.8 Å². The molecule has 0 fully saturated rings. The standard InChI is InChI=1S/C16H21ClF2N2/c1-4-16(5-2,6-3)21-13-10-11(18)9-12(19)15(13)20-14(21)7-8-17/h9-10H,4-8H2,1-3H3. The van der Waals surface area contributed by atoms with Crippen molar-refractivity contribution in [2.45, 2.75) is 52.0 Å². The number of alkyl halides is 1. The number of aryl methyl sites for hydroxylation is 1. The molecule has 0 N–H and O–H groups in total. The lowest BCUT2D eigenvalue weighted by Gasteiger charge is -2.34. The van der Waals surface area contributed by atoms with Gasteiger partial charge < -0.3 is 4.57 Å². The molecule has 2 nitrogen and oxygen atoms in total. The molecule has 0 spiro atoms. The van der Waals surface area contributed by atoms with Crippen molar-refractivity contribution in [2.75, 3.05) is 5.88 Å². The minimum absolute atomic E-state index is 0.184. The quantitative estimate of drug-likeness (QED) is 0.684. The van der Waals surface area contributed by atoms with Crippen LogP contribution in [0.1, 0.15) is 45.9 Å². The molecule has 0 radical (unpaired) electrons. The van der Waals surface area contributed by atoms with Crippen molar-refractivity contribution in [1.82, 2.24) is 9.55 Å². The number of nitrogens with zero attached hydrogens (tertiary/aromatic N) is 2. The topological polar surface area (TPSA) is 17.8 Å². The summed E-state index contributed by atoms with van der Waals surface area (Å²) in [7, 11) is 0. The van der Waals surface area contributed by atoms with Gasteiger partial charge in [-0.3, -0.25) is 0 Å². The van der Waals surface area contributed by atoms with E-state index < -0.39 is 11.6 Å². The molecule has 0 aliphatic carbocycles. The van der Waals surface area contributed by atoms with Crippen LogP contribution >= 0.6 is 11.6 Å². The minimum Gasteiger partial charge on any atom is -0.322 e. The maximum Gasteiger partial charge on any atom is 0.153 e. The van der Waals surface area contributed by atoms with Crippen molar-refractivity contribution in [3.8, 4) is 0 Å². The molecule has 1 heterocycles. The van der Waals surface area contributed by atoms with E-state index >= 15 is 0 Å². The van der Waals surface area contributed by atoms with Gasteiger partial charge in [0.25, 0.3) is 0 Å². The average Bonchev–Trinajstić information content (AvgIpc) is 2.82. The normalized spacial score (nSPS) is 12.3. The van der Waals surface area contributed by atoms with Crippen LogP contribution in [-0.2, 0) is 12.0 Å². The van der Waals surface area contributed by atoms with Crippen LogP contribution in [0.5, 0.6) is 0 Å². The molecule has 0 saturated carbocycles. The number of aromatic nitrogens is 2. The number of hydrogen-bond donors (Lipinski definition) is 0. The van der Waals surface area contributed by atoms with Gasteiger partial charge in [-0.15, -0.1) is 11.6 Å². The van der Waals surface area contributed by atoms with E-state index in [9.17, 15) is 8.78 Å². The lowest BCUT2D eigenvalue weighted by Crippen LogP contribution is -2.33. The third-order valence-corrected chi connectivity index (χ3v) is 4.70. The first-order chi connectivity index (χ1) is 10.0. The van der Waals surface area contributed by atoms with Crippen molar-refractivity contribution in [2.24, 2.45) is 0 Å². The Morgan fingerprint density at radius 3 is 2.29 bits per heavy atom. The molecule has 1 aromatic carbocycles. The van der Waals surface area contributed by atoms with E-state index in [2.05, 4.69) is 25.8 Å². The van der Waals surface area contributed by atoms with Gasteiger partial charge in [0.1, 0.15) is 17.2 Å². The molecule has 0 unspecified atom stereocenters. The monoisotopic (exact) mass is 314 g/mol. The van der Waals surface area contributed by atoms with Crippen LogP contribution in [0, 0.1) is 11.6 Å². The molecular formula is C16H21ClF2N2. The molecule has 0 atom stereocenters. The summed E-state index contributed by atoms with van der Waals surface area (Å²) >= 11 is 5.87. The van der Waals surface area contributed by atoms with Crippen molar-refractivity contribution >= 4 is 22.6 Å². The Bertz CT molecular complexity index is 624. The summed E-state index contributed by atoms with van der Waals surface area (Å²) in [6, 6.07) is 2.26. The summed E-state index contributed by atoms with van der Waals surface area (Å²) in [6.07, 6.45) is 3.16. The van der Waals surface area contributed by atoms with E-state index in [-0.39, 0.29) is 11.1 Å². The number of rotatable bonds is 6. The van der Waals surface area contributed by atoms with Crippen LogP contribution in [0.25, 0.3) is 11.0 Å². The Morgan fingerprint density at radius 1 is 1.14 bits per heavy atom. The van der Waals surface area contributed by atoms with E-state index in [1.807, 2.05) is 4.57 Å². The predicted molar refractivity (Wildman–Crippen MR) is 82.9 cm³/mol. The number of benzene rings is 1. The van der Waals surface area contributed by atoms with Crippen LogP contribution in [0.3, 0.4) is 0 Å². The number of fused-ring (bicyclic) bond motifs is 1. The van der Waals surface area contributed by atoms with Gasteiger partial charge >= 0.3 is 0 Å². The Morgan fingerprint density at radius 2 is 1.76 bits per heavy atom. The highest BCUT2D eigenvalue weighted by Gasteiger charge is 2.31. The molecule has 0 aliphatic rings. The van der Waals surface area contributed by atoms with Crippen LogP contribution in [-0.4, -0.2) is 15.4 Å². The van der Waals surface area contributed by atoms with Gasteiger partial charge in [0.15, 0.2) is 5.82 Å². The fraction of sp³-hybridized carbons (Fsp3) is 0.562. The summed E-state index contributed by atoms with van der Waals surface area (Å²) in [5.41, 5.74) is 0.575. The molecule has 0 aliphatic heterocycles. The second kappa shape index (κ2) is 6.30. The summed E-state index contributed by atoms with van der Waals surface area (Å²) in [6.45, 7) is 6.29. The van der Waals surface area contributed by atoms with Crippen LogP contribution in [0.4, 0.5) is 8.78 Å². The van der Waals surface area contributed by atoms with E-state index in [0.717, 1.165) is 31.2 Å². The van der Waals surface area contributed by atoms with Gasteiger partial charge in [0.2, 0.25) is 0 Å². The second-order valence-electron chi connectivity index (χ2n) is 5.34. The number of halogens is 3. The summed E-state index contributed by atoms with van der Waals surface area (Å²) < 4.78 is 29.7. The van der Waals surface area contributed by atoms with Gasteiger partial charge in [-0.2, -0.15) is 0 Å². The average molecular weight is 315 g/mol. The smallest absolute Gasteiger partial charge is 0.153 e. The Labute approximate surface area is 129 Å². The lowest BCUT2D eigenvalue weighted by molar-refractivity contribution is 0.251. The molecule has 0 amide bonds. The van der Waals surface area contributed by atoms with Gasteiger partial charge in [-0.05, 0) is 25.3 Å². The molecular weight excluding hydrogens is 294 g/mol. The first-order valence-electron chi connectivity index (χ1n) is 7.45. The highest BCUT2D eigenvalue weighted by molar-refractivity contribution is 6.17. The molecule has 5 heteroatoms. The Hall–Kier alpha value is -1.16. The summed E-state index contributed by atoms with van der Waals surface area (Å²) in [4.78, 5) is 4.39. The number of imidazole rings is 1. The maximum atomic E-state index is 14.0. The largest absolute Gasteiger partial charge is 0.322 e.